The second-order valence-electron chi connectivity index (χ2n) is 4.70. The van der Waals surface area contributed by atoms with Gasteiger partial charge in [-0.3, -0.25) is 4.68 Å². The van der Waals surface area contributed by atoms with Crippen LogP contribution in [0.5, 0.6) is 5.75 Å². The van der Waals surface area contributed by atoms with Crippen molar-refractivity contribution < 1.29 is 4.74 Å². The molecule has 0 unspecified atom stereocenters. The molecule has 0 amide bonds. The number of nitrogens with zero attached hydrogens (tertiary/aromatic N) is 2. The monoisotopic (exact) mass is 259 g/mol. The average Bonchev–Trinajstić information content (AvgIpc) is 2.81. The molecule has 0 fully saturated rings. The minimum atomic E-state index is 0.494. The molecule has 0 aliphatic heterocycles. The standard InChI is InChI=1S/C15H21N3O/c1-5-18-12(9-16)8-14(17-18)13-7-10(2)6-11(3)15(13)19-4/h6-8H,5,9,16H2,1-4H3. The lowest BCUT2D eigenvalue weighted by Gasteiger charge is -2.11. The van der Waals surface area contributed by atoms with Crippen molar-refractivity contribution in [3.8, 4) is 17.0 Å². The number of aryl methyl sites for hydroxylation is 3. The molecular formula is C15H21N3O. The van der Waals surface area contributed by atoms with Gasteiger partial charge in [-0.25, -0.2) is 0 Å². The Kier molecular flexibility index (Phi) is 3.90. The Labute approximate surface area is 114 Å². The predicted molar refractivity (Wildman–Crippen MR) is 77.3 cm³/mol. The molecule has 0 atom stereocenters. The van der Waals surface area contributed by atoms with Crippen LogP contribution in [0.15, 0.2) is 18.2 Å². The van der Waals surface area contributed by atoms with Crippen LogP contribution in [0, 0.1) is 13.8 Å². The minimum Gasteiger partial charge on any atom is -0.496 e. The van der Waals surface area contributed by atoms with Gasteiger partial charge >= 0.3 is 0 Å². The molecule has 102 valence electrons. The van der Waals surface area contributed by atoms with Crippen molar-refractivity contribution in [1.29, 1.82) is 0 Å². The molecule has 2 N–H and O–H groups in total. The van der Waals surface area contributed by atoms with Crippen LogP contribution in [0.25, 0.3) is 11.3 Å². The third-order valence-corrected chi connectivity index (χ3v) is 3.27. The molecule has 0 spiro atoms. The SMILES string of the molecule is CCn1nc(-c2cc(C)cc(C)c2OC)cc1CN. The predicted octanol–water partition coefficient (Wildman–Crippen LogP) is 2.65. The van der Waals surface area contributed by atoms with E-state index in [1.54, 1.807) is 7.11 Å². The highest BCUT2D eigenvalue weighted by Gasteiger charge is 2.14. The number of nitrogens with two attached hydrogens (primary N) is 1. The maximum atomic E-state index is 5.76. The summed E-state index contributed by atoms with van der Waals surface area (Å²) < 4.78 is 7.46. The molecule has 4 nitrogen and oxygen atoms in total. The number of aromatic nitrogens is 2. The summed E-state index contributed by atoms with van der Waals surface area (Å²) in [4.78, 5) is 0. The van der Waals surface area contributed by atoms with E-state index in [2.05, 4.69) is 38.0 Å². The first-order chi connectivity index (χ1) is 9.10. The molecule has 1 aromatic carbocycles. The van der Waals surface area contributed by atoms with E-state index in [1.165, 1.54) is 5.56 Å². The van der Waals surface area contributed by atoms with E-state index < -0.39 is 0 Å². The van der Waals surface area contributed by atoms with Crippen LogP contribution in [0.3, 0.4) is 0 Å². The molecule has 1 heterocycles. The Bertz CT molecular complexity index is 566. The molecule has 0 saturated carbocycles. The average molecular weight is 259 g/mol. The number of ether oxygens (including phenoxy) is 1. The topological polar surface area (TPSA) is 53.1 Å². The first kappa shape index (κ1) is 13.6. The Morgan fingerprint density at radius 2 is 2.00 bits per heavy atom. The zero-order valence-electron chi connectivity index (χ0n) is 12.0. The first-order valence-electron chi connectivity index (χ1n) is 6.53. The molecule has 4 heteroatoms. The van der Waals surface area contributed by atoms with Crippen LogP contribution in [0.4, 0.5) is 0 Å². The van der Waals surface area contributed by atoms with E-state index >= 15 is 0 Å². The Hall–Kier alpha value is -1.81. The summed E-state index contributed by atoms with van der Waals surface area (Å²) in [7, 11) is 1.70. The molecule has 0 saturated heterocycles. The van der Waals surface area contributed by atoms with Crippen molar-refractivity contribution in [2.75, 3.05) is 7.11 Å². The fraction of sp³-hybridized carbons (Fsp3) is 0.400. The van der Waals surface area contributed by atoms with E-state index in [0.29, 0.717) is 6.54 Å². The second-order valence-corrected chi connectivity index (χ2v) is 4.70. The highest BCUT2D eigenvalue weighted by molar-refractivity contribution is 5.70. The molecular weight excluding hydrogens is 238 g/mol. The lowest BCUT2D eigenvalue weighted by molar-refractivity contribution is 0.413. The van der Waals surface area contributed by atoms with E-state index in [9.17, 15) is 0 Å². The second kappa shape index (κ2) is 5.45. The van der Waals surface area contributed by atoms with Crippen LogP contribution in [0.2, 0.25) is 0 Å². The Morgan fingerprint density at radius 1 is 1.26 bits per heavy atom. The van der Waals surface area contributed by atoms with E-state index in [0.717, 1.165) is 34.8 Å². The summed E-state index contributed by atoms with van der Waals surface area (Å²) in [6, 6.07) is 6.26. The number of rotatable bonds is 4. The Morgan fingerprint density at radius 3 is 2.53 bits per heavy atom. The highest BCUT2D eigenvalue weighted by Crippen LogP contribution is 2.33. The normalized spacial score (nSPS) is 10.8. The van der Waals surface area contributed by atoms with Gasteiger partial charge in [0.15, 0.2) is 0 Å². The van der Waals surface area contributed by atoms with E-state index in [1.807, 2.05) is 10.7 Å². The van der Waals surface area contributed by atoms with E-state index in [4.69, 9.17) is 10.5 Å². The fourth-order valence-corrected chi connectivity index (χ4v) is 2.44. The largest absolute Gasteiger partial charge is 0.496 e. The summed E-state index contributed by atoms with van der Waals surface area (Å²) in [5, 5.41) is 4.62. The van der Waals surface area contributed by atoms with Crippen molar-refractivity contribution in [3.63, 3.8) is 0 Å². The molecule has 0 aliphatic carbocycles. The summed E-state index contributed by atoms with van der Waals surface area (Å²) in [6.07, 6.45) is 0. The third-order valence-electron chi connectivity index (χ3n) is 3.27. The van der Waals surface area contributed by atoms with E-state index in [-0.39, 0.29) is 0 Å². The van der Waals surface area contributed by atoms with Gasteiger partial charge in [0.05, 0.1) is 18.5 Å². The molecule has 0 bridgehead atoms. The van der Waals surface area contributed by atoms with Crippen molar-refractivity contribution in [2.45, 2.75) is 33.9 Å². The van der Waals surface area contributed by atoms with Gasteiger partial charge in [-0.2, -0.15) is 5.10 Å². The number of benzene rings is 1. The maximum Gasteiger partial charge on any atom is 0.131 e. The van der Waals surface area contributed by atoms with Gasteiger partial charge in [0.1, 0.15) is 5.75 Å². The van der Waals surface area contributed by atoms with Crippen LogP contribution in [0.1, 0.15) is 23.7 Å². The van der Waals surface area contributed by atoms with Crippen LogP contribution in [-0.2, 0) is 13.1 Å². The summed E-state index contributed by atoms with van der Waals surface area (Å²) in [6.45, 7) is 7.51. The van der Waals surface area contributed by atoms with Gasteiger partial charge in [-0.1, -0.05) is 6.07 Å². The summed E-state index contributed by atoms with van der Waals surface area (Å²) in [5.41, 5.74) is 11.1. The maximum absolute atomic E-state index is 5.76. The van der Waals surface area contributed by atoms with Crippen LogP contribution in [-0.4, -0.2) is 16.9 Å². The molecule has 19 heavy (non-hydrogen) atoms. The number of methoxy groups -OCH3 is 1. The lowest BCUT2D eigenvalue weighted by atomic mass is 10.0. The summed E-state index contributed by atoms with van der Waals surface area (Å²) in [5.74, 6) is 0.884. The van der Waals surface area contributed by atoms with Crippen molar-refractivity contribution in [2.24, 2.45) is 5.73 Å². The van der Waals surface area contributed by atoms with Gasteiger partial charge in [-0.15, -0.1) is 0 Å². The van der Waals surface area contributed by atoms with Crippen molar-refractivity contribution >= 4 is 0 Å². The van der Waals surface area contributed by atoms with Gasteiger partial charge in [0, 0.05) is 18.7 Å². The quantitative estimate of drug-likeness (QED) is 0.918. The zero-order valence-corrected chi connectivity index (χ0v) is 12.0. The van der Waals surface area contributed by atoms with Crippen LogP contribution >= 0.6 is 0 Å². The highest BCUT2D eigenvalue weighted by atomic mass is 16.5. The van der Waals surface area contributed by atoms with Gasteiger partial charge in [0.2, 0.25) is 0 Å². The lowest BCUT2D eigenvalue weighted by Crippen LogP contribution is -2.06. The molecule has 1 aromatic heterocycles. The third kappa shape index (κ3) is 2.49. The molecule has 2 rings (SSSR count). The van der Waals surface area contributed by atoms with Gasteiger partial charge < -0.3 is 10.5 Å². The molecule has 0 radical (unpaired) electrons. The first-order valence-corrected chi connectivity index (χ1v) is 6.53. The van der Waals surface area contributed by atoms with Crippen LogP contribution < -0.4 is 10.5 Å². The Balaban J connectivity index is 2.60. The smallest absolute Gasteiger partial charge is 0.131 e. The number of hydrogen-bond donors (Lipinski definition) is 1. The zero-order chi connectivity index (χ0) is 14.0. The molecule has 0 aliphatic rings. The van der Waals surface area contributed by atoms with Gasteiger partial charge in [-0.05, 0) is 44.0 Å². The molecule has 2 aromatic rings. The van der Waals surface area contributed by atoms with Crippen molar-refractivity contribution in [3.05, 3.63) is 35.0 Å². The number of hydrogen-bond acceptors (Lipinski definition) is 3. The minimum absolute atomic E-state index is 0.494. The van der Waals surface area contributed by atoms with Crippen molar-refractivity contribution in [1.82, 2.24) is 9.78 Å². The van der Waals surface area contributed by atoms with Gasteiger partial charge in [0.25, 0.3) is 0 Å². The summed E-state index contributed by atoms with van der Waals surface area (Å²) >= 11 is 0. The fourth-order valence-electron chi connectivity index (χ4n) is 2.44.